The maximum Gasteiger partial charge on any atom is 0.416 e. The quantitative estimate of drug-likeness (QED) is 0.386. The van der Waals surface area contributed by atoms with Crippen LogP contribution in [0.3, 0.4) is 0 Å². The summed E-state index contributed by atoms with van der Waals surface area (Å²) in [6, 6.07) is 24.9. The Bertz CT molecular complexity index is 1200. The van der Waals surface area contributed by atoms with Crippen LogP contribution >= 0.6 is 0 Å². The Morgan fingerprint density at radius 2 is 1.50 bits per heavy atom. The third-order valence-corrected chi connectivity index (χ3v) is 5.02. The van der Waals surface area contributed by atoms with Gasteiger partial charge in [0.15, 0.2) is 0 Å². The standard InChI is InChI=1S/C26H19F3N2O/c27-26(28,29)20-12-10-19(11-13-20)23-6-1-2-7-24(23)25(32)31-21-14-8-18(9-15-21)17-22-5-3-4-16-30-22/h1-16H,17H2,(H,31,32). The Balaban J connectivity index is 1.51. The molecule has 1 heterocycles. The Kier molecular flexibility index (Phi) is 6.03. The second-order valence-electron chi connectivity index (χ2n) is 7.27. The van der Waals surface area contributed by atoms with Gasteiger partial charge in [-0.05, 0) is 59.2 Å². The fourth-order valence-electron chi connectivity index (χ4n) is 3.39. The summed E-state index contributed by atoms with van der Waals surface area (Å²) >= 11 is 0. The van der Waals surface area contributed by atoms with Crippen LogP contribution in [-0.4, -0.2) is 10.9 Å². The van der Waals surface area contributed by atoms with Crippen LogP contribution in [0.15, 0.2) is 97.2 Å². The molecule has 1 aromatic heterocycles. The maximum absolute atomic E-state index is 12.9. The monoisotopic (exact) mass is 432 g/mol. The lowest BCUT2D eigenvalue weighted by atomic mass is 9.98. The molecule has 3 nitrogen and oxygen atoms in total. The van der Waals surface area contributed by atoms with Crippen molar-refractivity contribution in [2.45, 2.75) is 12.6 Å². The smallest absolute Gasteiger partial charge is 0.322 e. The summed E-state index contributed by atoms with van der Waals surface area (Å²) in [5.74, 6) is -0.335. The number of halogens is 3. The van der Waals surface area contributed by atoms with Gasteiger partial charge in [-0.15, -0.1) is 0 Å². The van der Waals surface area contributed by atoms with Crippen molar-refractivity contribution in [3.05, 3.63) is 120 Å². The van der Waals surface area contributed by atoms with E-state index in [0.717, 1.165) is 23.4 Å². The Morgan fingerprint density at radius 3 is 2.16 bits per heavy atom. The molecular weight excluding hydrogens is 413 g/mol. The molecule has 32 heavy (non-hydrogen) atoms. The van der Waals surface area contributed by atoms with Crippen LogP contribution < -0.4 is 5.32 Å². The van der Waals surface area contributed by atoms with E-state index >= 15 is 0 Å². The van der Waals surface area contributed by atoms with Crippen LogP contribution in [0.25, 0.3) is 11.1 Å². The summed E-state index contributed by atoms with van der Waals surface area (Å²) in [5.41, 5.74) is 3.39. The van der Waals surface area contributed by atoms with Gasteiger partial charge in [-0.25, -0.2) is 0 Å². The number of hydrogen-bond acceptors (Lipinski definition) is 2. The number of anilines is 1. The molecular formula is C26H19F3N2O. The molecule has 0 spiro atoms. The molecule has 4 aromatic rings. The average Bonchev–Trinajstić information content (AvgIpc) is 2.80. The minimum absolute atomic E-state index is 0.335. The Labute approximate surface area is 183 Å². The van der Waals surface area contributed by atoms with Crippen LogP contribution in [0.4, 0.5) is 18.9 Å². The molecule has 0 saturated carbocycles. The van der Waals surface area contributed by atoms with Crippen molar-refractivity contribution in [3.63, 3.8) is 0 Å². The summed E-state index contributed by atoms with van der Waals surface area (Å²) in [7, 11) is 0. The molecule has 0 aliphatic rings. The molecule has 0 aliphatic carbocycles. The molecule has 0 radical (unpaired) electrons. The minimum Gasteiger partial charge on any atom is -0.322 e. The van der Waals surface area contributed by atoms with E-state index < -0.39 is 11.7 Å². The third-order valence-electron chi connectivity index (χ3n) is 5.02. The van der Waals surface area contributed by atoms with Gasteiger partial charge in [-0.1, -0.05) is 48.5 Å². The highest BCUT2D eigenvalue weighted by Gasteiger charge is 2.30. The summed E-state index contributed by atoms with van der Waals surface area (Å²) in [6.45, 7) is 0. The predicted octanol–water partition coefficient (Wildman–Crippen LogP) is 6.61. The number of carbonyl (C=O) groups is 1. The average molecular weight is 432 g/mol. The lowest BCUT2D eigenvalue weighted by Gasteiger charge is -2.12. The maximum atomic E-state index is 12.9. The normalized spacial score (nSPS) is 11.2. The molecule has 4 rings (SSSR count). The number of benzene rings is 3. The largest absolute Gasteiger partial charge is 0.416 e. The number of aromatic nitrogens is 1. The summed E-state index contributed by atoms with van der Waals surface area (Å²) in [6.07, 6.45) is -1.97. The van der Waals surface area contributed by atoms with Crippen molar-refractivity contribution in [3.8, 4) is 11.1 Å². The van der Waals surface area contributed by atoms with Gasteiger partial charge in [-0.2, -0.15) is 13.2 Å². The highest BCUT2D eigenvalue weighted by Crippen LogP contribution is 2.32. The molecule has 3 aromatic carbocycles. The van der Waals surface area contributed by atoms with E-state index in [1.807, 2.05) is 42.5 Å². The number of nitrogens with one attached hydrogen (secondary N) is 1. The van der Waals surface area contributed by atoms with E-state index in [2.05, 4.69) is 10.3 Å². The van der Waals surface area contributed by atoms with E-state index in [9.17, 15) is 18.0 Å². The minimum atomic E-state index is -4.40. The van der Waals surface area contributed by atoms with Crippen LogP contribution in [0.1, 0.15) is 27.2 Å². The first kappa shape index (κ1) is 21.3. The number of amides is 1. The number of carbonyl (C=O) groups excluding carboxylic acids is 1. The van der Waals surface area contributed by atoms with Gasteiger partial charge in [0, 0.05) is 29.6 Å². The van der Waals surface area contributed by atoms with Gasteiger partial charge in [-0.3, -0.25) is 9.78 Å². The number of alkyl halides is 3. The van der Waals surface area contributed by atoms with Crippen LogP contribution in [-0.2, 0) is 12.6 Å². The van der Waals surface area contributed by atoms with E-state index in [-0.39, 0.29) is 5.91 Å². The molecule has 0 bridgehead atoms. The highest BCUT2D eigenvalue weighted by atomic mass is 19.4. The lowest BCUT2D eigenvalue weighted by molar-refractivity contribution is -0.137. The Hall–Kier alpha value is -3.93. The van der Waals surface area contributed by atoms with Gasteiger partial charge >= 0.3 is 6.18 Å². The van der Waals surface area contributed by atoms with Crippen LogP contribution in [0.5, 0.6) is 0 Å². The number of pyridine rings is 1. The van der Waals surface area contributed by atoms with E-state index in [1.165, 1.54) is 12.1 Å². The lowest BCUT2D eigenvalue weighted by Crippen LogP contribution is -2.13. The predicted molar refractivity (Wildman–Crippen MR) is 118 cm³/mol. The first-order valence-electron chi connectivity index (χ1n) is 9.97. The molecule has 0 atom stereocenters. The third kappa shape index (κ3) is 5.03. The zero-order valence-electron chi connectivity index (χ0n) is 16.9. The topological polar surface area (TPSA) is 42.0 Å². The van der Waals surface area contributed by atoms with E-state index in [4.69, 9.17) is 0 Å². The number of rotatable bonds is 5. The van der Waals surface area contributed by atoms with Crippen molar-refractivity contribution in [2.24, 2.45) is 0 Å². The molecule has 0 fully saturated rings. The molecule has 0 saturated heterocycles. The van der Waals surface area contributed by atoms with Gasteiger partial charge in [0.2, 0.25) is 0 Å². The number of hydrogen-bond donors (Lipinski definition) is 1. The fourth-order valence-corrected chi connectivity index (χ4v) is 3.39. The fraction of sp³-hybridized carbons (Fsp3) is 0.0769. The molecule has 1 amide bonds. The van der Waals surface area contributed by atoms with Crippen molar-refractivity contribution >= 4 is 11.6 Å². The second-order valence-corrected chi connectivity index (χ2v) is 7.27. The van der Waals surface area contributed by atoms with Gasteiger partial charge in [0.1, 0.15) is 0 Å². The zero-order chi connectivity index (χ0) is 22.6. The molecule has 6 heteroatoms. The SMILES string of the molecule is O=C(Nc1ccc(Cc2ccccn2)cc1)c1ccccc1-c1ccc(C(F)(F)F)cc1. The molecule has 0 unspecified atom stereocenters. The summed E-state index contributed by atoms with van der Waals surface area (Å²) < 4.78 is 38.6. The zero-order valence-corrected chi connectivity index (χ0v) is 16.9. The summed E-state index contributed by atoms with van der Waals surface area (Å²) in [5, 5.41) is 2.86. The molecule has 0 aliphatic heterocycles. The first-order valence-corrected chi connectivity index (χ1v) is 9.97. The Morgan fingerprint density at radius 1 is 0.812 bits per heavy atom. The van der Waals surface area contributed by atoms with Crippen LogP contribution in [0.2, 0.25) is 0 Å². The molecule has 1 N–H and O–H groups in total. The first-order chi connectivity index (χ1) is 15.4. The van der Waals surface area contributed by atoms with Crippen molar-refractivity contribution in [2.75, 3.05) is 5.32 Å². The molecule has 160 valence electrons. The summed E-state index contributed by atoms with van der Waals surface area (Å²) in [4.78, 5) is 17.2. The van der Waals surface area contributed by atoms with Crippen LogP contribution in [0, 0.1) is 0 Å². The van der Waals surface area contributed by atoms with Gasteiger partial charge in [0.05, 0.1) is 5.56 Å². The van der Waals surface area contributed by atoms with E-state index in [1.54, 1.807) is 30.5 Å². The van der Waals surface area contributed by atoms with E-state index in [0.29, 0.717) is 28.8 Å². The van der Waals surface area contributed by atoms with Crippen molar-refractivity contribution in [1.82, 2.24) is 4.98 Å². The number of nitrogens with zero attached hydrogens (tertiary/aromatic N) is 1. The van der Waals surface area contributed by atoms with Crippen molar-refractivity contribution < 1.29 is 18.0 Å². The highest BCUT2D eigenvalue weighted by molar-refractivity contribution is 6.08. The van der Waals surface area contributed by atoms with Gasteiger partial charge in [0.25, 0.3) is 5.91 Å². The second kappa shape index (κ2) is 9.06. The van der Waals surface area contributed by atoms with Gasteiger partial charge < -0.3 is 5.32 Å². The van der Waals surface area contributed by atoms with Crippen molar-refractivity contribution in [1.29, 1.82) is 0 Å².